The van der Waals surface area contributed by atoms with Gasteiger partial charge in [0.1, 0.15) is 22.2 Å². The number of aryl methyl sites for hydroxylation is 2. The normalized spacial score (nSPS) is 10.7. The van der Waals surface area contributed by atoms with Gasteiger partial charge in [0.05, 0.1) is 5.69 Å². The zero-order valence-electron chi connectivity index (χ0n) is 11.4. The molecule has 4 nitrogen and oxygen atoms in total. The van der Waals surface area contributed by atoms with Gasteiger partial charge in [0, 0.05) is 10.2 Å². The number of rotatable bonds is 4. The number of halogens is 2. The Morgan fingerprint density at radius 2 is 2.10 bits per heavy atom. The summed E-state index contributed by atoms with van der Waals surface area (Å²) in [6, 6.07) is 4.66. The molecule has 2 rings (SSSR count). The van der Waals surface area contributed by atoms with Crippen molar-refractivity contribution in [3.63, 3.8) is 0 Å². The van der Waals surface area contributed by atoms with Crippen molar-refractivity contribution in [1.29, 1.82) is 0 Å². The molecule has 0 aliphatic carbocycles. The molecule has 0 spiro atoms. The highest BCUT2D eigenvalue weighted by molar-refractivity contribution is 9.10. The third-order valence-corrected chi connectivity index (χ3v) is 4.27. The fourth-order valence-corrected chi connectivity index (χ4v) is 3.33. The number of hydrogen-bond donors (Lipinski definition) is 1. The lowest BCUT2D eigenvalue weighted by atomic mass is 10.2. The maximum Gasteiger partial charge on any atom is 0.340 e. The third-order valence-electron chi connectivity index (χ3n) is 2.75. The number of nitrogens with zero attached hydrogens (tertiary/aromatic N) is 2. The van der Waals surface area contributed by atoms with Crippen molar-refractivity contribution >= 4 is 33.7 Å². The summed E-state index contributed by atoms with van der Waals surface area (Å²) in [4.78, 5) is 19.5. The number of aromatic nitrogens is 2. The average molecular weight is 371 g/mol. The van der Waals surface area contributed by atoms with Crippen molar-refractivity contribution in [2.75, 3.05) is 0 Å². The first-order valence-corrected chi connectivity index (χ1v) is 7.81. The number of carbonyl (C=O) groups is 1. The van der Waals surface area contributed by atoms with E-state index in [2.05, 4.69) is 25.9 Å². The van der Waals surface area contributed by atoms with Crippen LogP contribution >= 0.6 is 27.7 Å². The lowest BCUT2D eigenvalue weighted by Crippen LogP contribution is -2.08. The summed E-state index contributed by atoms with van der Waals surface area (Å²) >= 11 is 4.47. The molecule has 0 aliphatic heterocycles. The SMILES string of the molecule is Cc1nc(C)c(C(=O)O)c(SCc2cc(Br)ccc2F)n1. The van der Waals surface area contributed by atoms with Crippen LogP contribution in [0.3, 0.4) is 0 Å². The highest BCUT2D eigenvalue weighted by Gasteiger charge is 2.18. The van der Waals surface area contributed by atoms with Gasteiger partial charge in [-0.05, 0) is 37.6 Å². The lowest BCUT2D eigenvalue weighted by molar-refractivity contribution is 0.0690. The van der Waals surface area contributed by atoms with Crippen molar-refractivity contribution in [3.8, 4) is 0 Å². The predicted molar refractivity (Wildman–Crippen MR) is 82.1 cm³/mol. The van der Waals surface area contributed by atoms with Gasteiger partial charge in [-0.15, -0.1) is 11.8 Å². The van der Waals surface area contributed by atoms with Gasteiger partial charge in [-0.25, -0.2) is 19.2 Å². The van der Waals surface area contributed by atoms with Crippen molar-refractivity contribution in [2.24, 2.45) is 0 Å². The summed E-state index contributed by atoms with van der Waals surface area (Å²) in [5.74, 6) is -0.619. The van der Waals surface area contributed by atoms with Crippen LogP contribution < -0.4 is 0 Å². The van der Waals surface area contributed by atoms with E-state index in [1.165, 1.54) is 17.8 Å². The van der Waals surface area contributed by atoms with Gasteiger partial charge in [0.2, 0.25) is 0 Å². The van der Waals surface area contributed by atoms with E-state index in [1.54, 1.807) is 26.0 Å². The van der Waals surface area contributed by atoms with Gasteiger partial charge in [-0.1, -0.05) is 15.9 Å². The molecule has 110 valence electrons. The van der Waals surface area contributed by atoms with Gasteiger partial charge in [-0.3, -0.25) is 0 Å². The van der Waals surface area contributed by atoms with Gasteiger partial charge < -0.3 is 5.11 Å². The second kappa shape index (κ2) is 6.53. The van der Waals surface area contributed by atoms with E-state index in [4.69, 9.17) is 0 Å². The smallest absolute Gasteiger partial charge is 0.340 e. The van der Waals surface area contributed by atoms with Crippen molar-refractivity contribution in [2.45, 2.75) is 24.6 Å². The Kier molecular flexibility index (Phi) is 4.95. The zero-order valence-corrected chi connectivity index (χ0v) is 13.8. The molecular weight excluding hydrogens is 359 g/mol. The first-order chi connectivity index (χ1) is 9.88. The van der Waals surface area contributed by atoms with Gasteiger partial charge in [0.25, 0.3) is 0 Å². The van der Waals surface area contributed by atoms with Crippen LogP contribution in [0.4, 0.5) is 4.39 Å². The second-order valence-electron chi connectivity index (χ2n) is 4.37. The van der Waals surface area contributed by atoms with Crippen LogP contribution in [0.2, 0.25) is 0 Å². The molecule has 21 heavy (non-hydrogen) atoms. The van der Waals surface area contributed by atoms with E-state index in [0.29, 0.717) is 27.9 Å². The van der Waals surface area contributed by atoms with E-state index >= 15 is 0 Å². The molecule has 0 saturated carbocycles. The standard InChI is InChI=1S/C14H12BrFN2O2S/c1-7-12(14(19)20)13(18-8(2)17-7)21-6-9-5-10(15)3-4-11(9)16/h3-5H,6H2,1-2H3,(H,19,20). The minimum Gasteiger partial charge on any atom is -0.478 e. The Balaban J connectivity index is 2.31. The van der Waals surface area contributed by atoms with Gasteiger partial charge >= 0.3 is 5.97 Å². The summed E-state index contributed by atoms with van der Waals surface area (Å²) < 4.78 is 14.5. The zero-order chi connectivity index (χ0) is 15.6. The summed E-state index contributed by atoms with van der Waals surface area (Å²) in [7, 11) is 0. The van der Waals surface area contributed by atoms with Crippen LogP contribution in [0.15, 0.2) is 27.7 Å². The molecule has 0 radical (unpaired) electrons. The van der Waals surface area contributed by atoms with Crippen LogP contribution in [0.25, 0.3) is 0 Å². The third kappa shape index (κ3) is 3.79. The first-order valence-electron chi connectivity index (χ1n) is 6.03. The molecule has 2 aromatic rings. The number of thioether (sulfide) groups is 1. The topological polar surface area (TPSA) is 63.1 Å². The highest BCUT2D eigenvalue weighted by atomic mass is 79.9. The van der Waals surface area contributed by atoms with Crippen LogP contribution in [-0.2, 0) is 5.75 Å². The van der Waals surface area contributed by atoms with E-state index in [0.717, 1.165) is 4.47 Å². The fraction of sp³-hybridized carbons (Fsp3) is 0.214. The Hall–Kier alpha value is -1.47. The molecule has 1 N–H and O–H groups in total. The Morgan fingerprint density at radius 3 is 2.76 bits per heavy atom. The Morgan fingerprint density at radius 1 is 1.38 bits per heavy atom. The van der Waals surface area contributed by atoms with E-state index in [-0.39, 0.29) is 11.4 Å². The van der Waals surface area contributed by atoms with E-state index in [9.17, 15) is 14.3 Å². The van der Waals surface area contributed by atoms with Crippen LogP contribution in [0.5, 0.6) is 0 Å². The molecule has 1 heterocycles. The molecule has 0 aliphatic rings. The largest absolute Gasteiger partial charge is 0.478 e. The summed E-state index contributed by atoms with van der Waals surface area (Å²) in [6.07, 6.45) is 0. The molecule has 7 heteroatoms. The number of hydrogen-bond acceptors (Lipinski definition) is 4. The monoisotopic (exact) mass is 370 g/mol. The van der Waals surface area contributed by atoms with Crippen LogP contribution in [0.1, 0.15) is 27.4 Å². The van der Waals surface area contributed by atoms with Crippen LogP contribution in [-0.4, -0.2) is 21.0 Å². The molecule has 0 saturated heterocycles. The molecule has 1 aromatic heterocycles. The maximum atomic E-state index is 13.7. The first kappa shape index (κ1) is 15.9. The molecule has 0 unspecified atom stereocenters. The predicted octanol–water partition coefficient (Wildman–Crippen LogP) is 3.99. The second-order valence-corrected chi connectivity index (χ2v) is 6.25. The molecule has 0 atom stereocenters. The maximum absolute atomic E-state index is 13.7. The average Bonchev–Trinajstić information content (AvgIpc) is 2.38. The molecule has 0 amide bonds. The highest BCUT2D eigenvalue weighted by Crippen LogP contribution is 2.28. The van der Waals surface area contributed by atoms with Crippen molar-refractivity contribution in [1.82, 2.24) is 9.97 Å². The number of benzene rings is 1. The summed E-state index contributed by atoms with van der Waals surface area (Å²) in [5, 5.41) is 9.61. The summed E-state index contributed by atoms with van der Waals surface area (Å²) in [6.45, 7) is 3.32. The van der Waals surface area contributed by atoms with Crippen molar-refractivity contribution in [3.05, 3.63) is 51.1 Å². The number of aromatic carboxylic acids is 1. The van der Waals surface area contributed by atoms with E-state index in [1.807, 2.05) is 0 Å². The van der Waals surface area contributed by atoms with Crippen LogP contribution in [0, 0.1) is 19.7 Å². The lowest BCUT2D eigenvalue weighted by Gasteiger charge is -2.09. The molecule has 0 bridgehead atoms. The quantitative estimate of drug-likeness (QED) is 0.651. The minimum absolute atomic E-state index is 0.0704. The summed E-state index contributed by atoms with van der Waals surface area (Å²) in [5.41, 5.74) is 0.966. The number of carboxylic acid groups (broad SMARTS) is 1. The Bertz CT molecular complexity index is 710. The molecular formula is C14H12BrFN2O2S. The fourth-order valence-electron chi connectivity index (χ4n) is 1.83. The minimum atomic E-state index is -1.08. The van der Waals surface area contributed by atoms with E-state index < -0.39 is 5.97 Å². The Labute approximate surface area is 133 Å². The molecule has 1 aromatic carbocycles. The molecule has 0 fully saturated rings. The number of carboxylic acids is 1. The van der Waals surface area contributed by atoms with Crippen molar-refractivity contribution < 1.29 is 14.3 Å². The van der Waals surface area contributed by atoms with Gasteiger partial charge in [-0.2, -0.15) is 0 Å². The van der Waals surface area contributed by atoms with Gasteiger partial charge in [0.15, 0.2) is 0 Å².